The Labute approximate surface area is 277 Å². The van der Waals surface area contributed by atoms with Gasteiger partial charge in [0.2, 0.25) is 5.91 Å². The summed E-state index contributed by atoms with van der Waals surface area (Å²) in [6.07, 6.45) is 5.93. The first-order valence-electron chi connectivity index (χ1n) is 16.1. The Morgan fingerprint density at radius 2 is 1.67 bits per heavy atom. The Hall–Kier alpha value is -5.65. The smallest absolute Gasteiger partial charge is 0.337 e. The summed E-state index contributed by atoms with van der Waals surface area (Å²) in [4.78, 5) is 67.5. The molecule has 1 aliphatic heterocycles. The van der Waals surface area contributed by atoms with Crippen LogP contribution in [0.5, 0.6) is 0 Å². The number of benzene rings is 2. The standard InChI is InChI=1S/C36H38N8O4/c1-21(2)34(46)42-15-12-23(13-16-42)25-17-27(31-29(18-25)39-20-40-32(31)37)24-8-10-26(11-9-24)41-33(45)28-19-43(22(3)4)36(48)44(35(28)47)30-7-5-6-14-38-30/h5-11,14,17-23H,12-13,15-16H2,1-4H3,(H,41,45)(H2,37,39,40). The van der Waals surface area contributed by atoms with Gasteiger partial charge >= 0.3 is 5.69 Å². The van der Waals surface area contributed by atoms with Crippen molar-refractivity contribution >= 4 is 34.2 Å². The highest BCUT2D eigenvalue weighted by Gasteiger charge is 2.26. The normalized spacial score (nSPS) is 13.8. The van der Waals surface area contributed by atoms with Crippen LogP contribution in [0.3, 0.4) is 0 Å². The van der Waals surface area contributed by atoms with Crippen molar-refractivity contribution in [2.75, 3.05) is 24.1 Å². The van der Waals surface area contributed by atoms with Crippen molar-refractivity contribution < 1.29 is 9.59 Å². The van der Waals surface area contributed by atoms with Gasteiger partial charge in [-0.3, -0.25) is 19.0 Å². The molecule has 1 fully saturated rings. The van der Waals surface area contributed by atoms with E-state index in [9.17, 15) is 19.2 Å². The molecule has 12 heteroatoms. The number of fused-ring (bicyclic) bond motifs is 1. The molecule has 0 radical (unpaired) electrons. The number of pyridine rings is 1. The number of anilines is 2. The van der Waals surface area contributed by atoms with Gasteiger partial charge in [-0.1, -0.05) is 32.0 Å². The Morgan fingerprint density at radius 1 is 0.938 bits per heavy atom. The van der Waals surface area contributed by atoms with Gasteiger partial charge in [-0.25, -0.2) is 24.3 Å². The van der Waals surface area contributed by atoms with Crippen molar-refractivity contribution in [2.24, 2.45) is 5.92 Å². The van der Waals surface area contributed by atoms with Crippen molar-refractivity contribution in [3.05, 3.63) is 105 Å². The topological polar surface area (TPSA) is 158 Å². The lowest BCUT2D eigenvalue weighted by Crippen LogP contribution is -2.43. The van der Waals surface area contributed by atoms with Crippen LogP contribution < -0.4 is 22.3 Å². The molecule has 6 rings (SSSR count). The SMILES string of the molecule is CC(C)C(=O)N1CCC(c2cc(-c3ccc(NC(=O)c4cn(C(C)C)c(=O)n(-c5ccccn5)c4=O)cc3)c3c(N)ncnc3c2)CC1. The number of nitrogens with two attached hydrogens (primary N) is 1. The van der Waals surface area contributed by atoms with Crippen LogP contribution in [0, 0.1) is 5.92 Å². The monoisotopic (exact) mass is 646 g/mol. The van der Waals surface area contributed by atoms with E-state index in [-0.39, 0.29) is 35.2 Å². The highest BCUT2D eigenvalue weighted by molar-refractivity contribution is 6.05. The van der Waals surface area contributed by atoms with E-state index in [1.807, 2.05) is 30.9 Å². The second-order valence-corrected chi connectivity index (χ2v) is 12.7. The molecule has 4 heterocycles. The third kappa shape index (κ3) is 6.20. The van der Waals surface area contributed by atoms with E-state index >= 15 is 0 Å². The lowest BCUT2D eigenvalue weighted by Gasteiger charge is -2.33. The molecule has 3 N–H and O–H groups in total. The molecule has 1 aliphatic rings. The number of likely N-dealkylation sites (tertiary alicyclic amines) is 1. The molecule has 0 aliphatic carbocycles. The lowest BCUT2D eigenvalue weighted by molar-refractivity contribution is -0.135. The predicted octanol–water partition coefficient (Wildman–Crippen LogP) is 4.78. The molecule has 2 aromatic carbocycles. The third-order valence-corrected chi connectivity index (χ3v) is 8.81. The van der Waals surface area contributed by atoms with Crippen LogP contribution in [-0.4, -0.2) is 53.9 Å². The van der Waals surface area contributed by atoms with E-state index < -0.39 is 17.2 Å². The summed E-state index contributed by atoms with van der Waals surface area (Å²) in [5, 5.41) is 3.54. The van der Waals surface area contributed by atoms with Crippen molar-refractivity contribution in [3.63, 3.8) is 0 Å². The molecule has 12 nitrogen and oxygen atoms in total. The number of carbonyl (C=O) groups excluding carboxylic acids is 2. The fourth-order valence-electron chi connectivity index (χ4n) is 6.22. The average molecular weight is 647 g/mol. The molecular weight excluding hydrogens is 608 g/mol. The number of amides is 2. The molecule has 5 aromatic rings. The Morgan fingerprint density at radius 3 is 2.31 bits per heavy atom. The van der Waals surface area contributed by atoms with Gasteiger partial charge in [0.05, 0.1) is 10.9 Å². The Balaban J connectivity index is 1.30. The molecular formula is C36H38N8O4. The fraction of sp³-hybridized carbons (Fsp3) is 0.306. The number of nitrogens with zero attached hydrogens (tertiary/aromatic N) is 6. The molecule has 48 heavy (non-hydrogen) atoms. The molecule has 0 spiro atoms. The second-order valence-electron chi connectivity index (χ2n) is 12.7. The first-order valence-corrected chi connectivity index (χ1v) is 16.1. The van der Waals surface area contributed by atoms with Crippen LogP contribution in [0.1, 0.15) is 68.4 Å². The van der Waals surface area contributed by atoms with Gasteiger partial charge in [-0.15, -0.1) is 0 Å². The zero-order valence-corrected chi connectivity index (χ0v) is 27.4. The van der Waals surface area contributed by atoms with Crippen LogP contribution in [0.4, 0.5) is 11.5 Å². The number of hydrogen-bond donors (Lipinski definition) is 2. The fourth-order valence-corrected chi connectivity index (χ4v) is 6.22. The molecule has 3 aromatic heterocycles. The number of nitrogens with one attached hydrogen (secondary N) is 1. The summed E-state index contributed by atoms with van der Waals surface area (Å²) in [6.45, 7) is 8.85. The van der Waals surface area contributed by atoms with Crippen molar-refractivity contribution in [2.45, 2.75) is 52.5 Å². The van der Waals surface area contributed by atoms with Crippen molar-refractivity contribution in [1.29, 1.82) is 0 Å². The van der Waals surface area contributed by atoms with Gasteiger partial charge in [-0.05, 0) is 85.7 Å². The van der Waals surface area contributed by atoms with E-state index in [0.29, 0.717) is 24.6 Å². The van der Waals surface area contributed by atoms with Gasteiger partial charge in [0, 0.05) is 43.1 Å². The number of hydrogen-bond acceptors (Lipinski definition) is 8. The summed E-state index contributed by atoms with van der Waals surface area (Å²) in [6, 6.07) is 16.0. The highest BCUT2D eigenvalue weighted by atomic mass is 16.2. The summed E-state index contributed by atoms with van der Waals surface area (Å²) in [7, 11) is 0. The van der Waals surface area contributed by atoms with Gasteiger partial charge in [-0.2, -0.15) is 0 Å². The zero-order valence-electron chi connectivity index (χ0n) is 27.4. The molecule has 0 bridgehead atoms. The first kappa shape index (κ1) is 32.3. The van der Waals surface area contributed by atoms with E-state index in [2.05, 4.69) is 32.4 Å². The minimum Gasteiger partial charge on any atom is -0.383 e. The third-order valence-electron chi connectivity index (χ3n) is 8.81. The van der Waals surface area contributed by atoms with Gasteiger partial charge < -0.3 is 16.0 Å². The van der Waals surface area contributed by atoms with E-state index in [4.69, 9.17) is 5.73 Å². The number of nitrogen functional groups attached to an aromatic ring is 1. The maximum atomic E-state index is 13.5. The Kier molecular flexibility index (Phi) is 8.90. The van der Waals surface area contributed by atoms with Gasteiger partial charge in [0.1, 0.15) is 23.5 Å². The quantitative estimate of drug-likeness (QED) is 0.256. The van der Waals surface area contributed by atoms with Crippen LogP contribution in [-0.2, 0) is 4.79 Å². The number of piperidine rings is 1. The summed E-state index contributed by atoms with van der Waals surface area (Å²) in [5.41, 5.74) is 8.85. The van der Waals surface area contributed by atoms with Crippen LogP contribution in [0.15, 0.2) is 82.9 Å². The largest absolute Gasteiger partial charge is 0.383 e. The number of carbonyl (C=O) groups is 2. The zero-order chi connectivity index (χ0) is 34.1. The molecule has 246 valence electrons. The maximum Gasteiger partial charge on any atom is 0.337 e. The summed E-state index contributed by atoms with van der Waals surface area (Å²) < 4.78 is 2.25. The average Bonchev–Trinajstić information content (AvgIpc) is 3.08. The van der Waals surface area contributed by atoms with Crippen molar-refractivity contribution in [3.8, 4) is 16.9 Å². The first-order chi connectivity index (χ1) is 23.0. The Bertz CT molecular complexity index is 2110. The summed E-state index contributed by atoms with van der Waals surface area (Å²) >= 11 is 0. The van der Waals surface area contributed by atoms with E-state index in [1.54, 1.807) is 44.2 Å². The predicted molar refractivity (Wildman–Crippen MR) is 185 cm³/mol. The summed E-state index contributed by atoms with van der Waals surface area (Å²) in [5.74, 6) is 0.249. The number of rotatable bonds is 7. The van der Waals surface area contributed by atoms with E-state index in [0.717, 1.165) is 45.0 Å². The number of aromatic nitrogens is 5. The molecule has 0 saturated carbocycles. The van der Waals surface area contributed by atoms with Crippen LogP contribution in [0.2, 0.25) is 0 Å². The molecule has 2 amide bonds. The lowest BCUT2D eigenvalue weighted by atomic mass is 9.86. The maximum absolute atomic E-state index is 13.5. The highest BCUT2D eigenvalue weighted by Crippen LogP contribution is 2.37. The minimum absolute atomic E-state index is 0.0265. The van der Waals surface area contributed by atoms with E-state index in [1.165, 1.54) is 23.3 Å². The molecule has 0 unspecified atom stereocenters. The van der Waals surface area contributed by atoms with Gasteiger partial charge in [0.15, 0.2) is 0 Å². The van der Waals surface area contributed by atoms with Crippen LogP contribution in [0.25, 0.3) is 27.8 Å². The molecule has 0 atom stereocenters. The molecule has 1 saturated heterocycles. The second kappa shape index (κ2) is 13.2. The van der Waals surface area contributed by atoms with Crippen LogP contribution >= 0.6 is 0 Å². The van der Waals surface area contributed by atoms with Crippen molar-refractivity contribution in [1.82, 2.24) is 29.0 Å². The van der Waals surface area contributed by atoms with Gasteiger partial charge in [0.25, 0.3) is 11.5 Å². The minimum atomic E-state index is -0.761.